The van der Waals surface area contributed by atoms with E-state index >= 15 is 0 Å². The van der Waals surface area contributed by atoms with Gasteiger partial charge in [0.2, 0.25) is 0 Å². The highest BCUT2D eigenvalue weighted by Gasteiger charge is 2.30. The van der Waals surface area contributed by atoms with Crippen molar-refractivity contribution in [2.75, 3.05) is 31.6 Å². The average molecular weight is 428 g/mol. The highest BCUT2D eigenvalue weighted by atomic mass is 79.9. The molecule has 0 spiro atoms. The van der Waals surface area contributed by atoms with Crippen molar-refractivity contribution >= 4 is 33.6 Å². The van der Waals surface area contributed by atoms with E-state index in [1.54, 1.807) is 21.9 Å². The van der Waals surface area contributed by atoms with Gasteiger partial charge in [-0.15, -0.1) is 0 Å². The Balaban J connectivity index is 1.75. The fourth-order valence-electron chi connectivity index (χ4n) is 2.98. The zero-order valence-electron chi connectivity index (χ0n) is 14.8. The lowest BCUT2D eigenvalue weighted by Gasteiger charge is -2.20. The quantitative estimate of drug-likeness (QED) is 0.680. The minimum absolute atomic E-state index is 0.120. The van der Waals surface area contributed by atoms with Crippen LogP contribution in [-0.4, -0.2) is 43.6 Å². The number of halogens is 1. The molecule has 1 aliphatic heterocycles. The molecule has 0 radical (unpaired) electrons. The molecule has 1 saturated heterocycles. The van der Waals surface area contributed by atoms with E-state index in [1.165, 1.54) is 7.11 Å². The van der Waals surface area contributed by atoms with Gasteiger partial charge in [0.05, 0.1) is 30.9 Å². The predicted molar refractivity (Wildman–Crippen MR) is 105 cm³/mol. The van der Waals surface area contributed by atoms with Crippen molar-refractivity contribution in [3.63, 3.8) is 0 Å². The maximum Gasteiger partial charge on any atom is 0.324 e. The monoisotopic (exact) mass is 427 g/mol. The van der Waals surface area contributed by atoms with Gasteiger partial charge in [-0.2, -0.15) is 5.26 Å². The molecule has 2 aromatic rings. The van der Waals surface area contributed by atoms with Crippen LogP contribution < -0.4 is 4.90 Å². The number of amides is 2. The maximum absolute atomic E-state index is 12.6. The molecule has 138 valence electrons. The Morgan fingerprint density at radius 1 is 1.19 bits per heavy atom. The molecule has 0 atom stereocenters. The second-order valence-corrected chi connectivity index (χ2v) is 6.96. The molecule has 0 saturated carbocycles. The lowest BCUT2D eigenvalue weighted by Crippen LogP contribution is -2.33. The van der Waals surface area contributed by atoms with Crippen LogP contribution in [0.25, 0.3) is 11.1 Å². The van der Waals surface area contributed by atoms with Crippen LogP contribution in [0.2, 0.25) is 0 Å². The first kappa shape index (κ1) is 18.9. The Morgan fingerprint density at radius 2 is 1.89 bits per heavy atom. The molecule has 27 heavy (non-hydrogen) atoms. The summed E-state index contributed by atoms with van der Waals surface area (Å²) in [6.07, 6.45) is 0.189. The van der Waals surface area contributed by atoms with Crippen molar-refractivity contribution in [1.29, 1.82) is 5.26 Å². The first-order chi connectivity index (χ1) is 13.0. The third-order valence-electron chi connectivity index (χ3n) is 4.49. The molecule has 3 rings (SSSR count). The number of ether oxygens (including phenoxy) is 1. The summed E-state index contributed by atoms with van der Waals surface area (Å²) in [5.41, 5.74) is 3.39. The topological polar surface area (TPSA) is 73.6 Å². The second-order valence-electron chi connectivity index (χ2n) is 6.10. The number of anilines is 1. The first-order valence-electron chi connectivity index (χ1n) is 8.47. The van der Waals surface area contributed by atoms with E-state index in [9.17, 15) is 9.59 Å². The molecule has 2 amide bonds. The number of nitrogens with zero attached hydrogens (tertiary/aromatic N) is 3. The van der Waals surface area contributed by atoms with Crippen LogP contribution in [0.5, 0.6) is 0 Å². The van der Waals surface area contributed by atoms with Gasteiger partial charge in [0.15, 0.2) is 0 Å². The molecule has 1 heterocycles. The van der Waals surface area contributed by atoms with Crippen molar-refractivity contribution in [3.8, 4) is 17.2 Å². The fourth-order valence-corrected chi connectivity index (χ4v) is 3.58. The van der Waals surface area contributed by atoms with Crippen molar-refractivity contribution in [1.82, 2.24) is 4.90 Å². The summed E-state index contributed by atoms with van der Waals surface area (Å²) in [5, 5.41) is 8.91. The van der Waals surface area contributed by atoms with E-state index in [0.29, 0.717) is 25.2 Å². The predicted octanol–water partition coefficient (Wildman–Crippen LogP) is 3.79. The normalized spacial score (nSPS) is 13.6. The van der Waals surface area contributed by atoms with E-state index in [0.717, 1.165) is 21.3 Å². The standard InChI is InChI=1S/C20H18BrN3O3/c1-27-19(25)8-9-23-10-11-24(20(23)26)18-7-6-16(12-17(18)21)15-4-2-14(13-22)3-5-15/h2-7,12H,8-11H2,1H3. The van der Waals surface area contributed by atoms with Gasteiger partial charge in [0.25, 0.3) is 0 Å². The zero-order chi connectivity index (χ0) is 19.4. The van der Waals surface area contributed by atoms with Gasteiger partial charge in [0, 0.05) is 24.1 Å². The molecule has 7 heteroatoms. The summed E-state index contributed by atoms with van der Waals surface area (Å²) in [6.45, 7) is 1.48. The number of carbonyl (C=O) groups excluding carboxylic acids is 2. The van der Waals surface area contributed by atoms with Crippen LogP contribution in [0.4, 0.5) is 10.5 Å². The van der Waals surface area contributed by atoms with Crippen LogP contribution in [0, 0.1) is 11.3 Å². The van der Waals surface area contributed by atoms with E-state index < -0.39 is 0 Å². The molecule has 0 aromatic heterocycles. The molecule has 1 fully saturated rings. The van der Waals surface area contributed by atoms with Crippen molar-refractivity contribution in [3.05, 3.63) is 52.5 Å². The number of nitriles is 1. The van der Waals surface area contributed by atoms with Gasteiger partial charge in [0.1, 0.15) is 0 Å². The van der Waals surface area contributed by atoms with Gasteiger partial charge in [-0.1, -0.05) is 18.2 Å². The Kier molecular flexibility index (Phi) is 5.77. The largest absolute Gasteiger partial charge is 0.469 e. The highest BCUT2D eigenvalue weighted by molar-refractivity contribution is 9.10. The van der Waals surface area contributed by atoms with Gasteiger partial charge in [-0.3, -0.25) is 9.69 Å². The molecule has 1 aliphatic rings. The summed E-state index contributed by atoms with van der Waals surface area (Å²) >= 11 is 3.56. The molecule has 2 aromatic carbocycles. The summed E-state index contributed by atoms with van der Waals surface area (Å²) in [5.74, 6) is -0.325. The third kappa shape index (κ3) is 4.12. The Bertz CT molecular complexity index is 906. The minimum Gasteiger partial charge on any atom is -0.469 e. The lowest BCUT2D eigenvalue weighted by molar-refractivity contribution is -0.140. The van der Waals surface area contributed by atoms with Crippen LogP contribution >= 0.6 is 15.9 Å². The summed E-state index contributed by atoms with van der Waals surface area (Å²) in [7, 11) is 1.34. The van der Waals surface area contributed by atoms with E-state index in [1.807, 2.05) is 30.3 Å². The summed E-state index contributed by atoms with van der Waals surface area (Å²) in [4.78, 5) is 27.3. The molecule has 0 aliphatic carbocycles. The van der Waals surface area contributed by atoms with Crippen LogP contribution in [-0.2, 0) is 9.53 Å². The van der Waals surface area contributed by atoms with Gasteiger partial charge >= 0.3 is 12.0 Å². The van der Waals surface area contributed by atoms with E-state index in [2.05, 4.69) is 26.7 Å². The van der Waals surface area contributed by atoms with Gasteiger partial charge in [-0.25, -0.2) is 4.79 Å². The molecule has 0 unspecified atom stereocenters. The number of esters is 1. The number of rotatable bonds is 5. The number of urea groups is 1. The Labute approximate surface area is 166 Å². The molecular formula is C20H18BrN3O3. The van der Waals surface area contributed by atoms with Crippen LogP contribution in [0.3, 0.4) is 0 Å². The second kappa shape index (κ2) is 8.23. The van der Waals surface area contributed by atoms with E-state index in [-0.39, 0.29) is 18.4 Å². The average Bonchev–Trinajstić information content (AvgIpc) is 3.06. The fraction of sp³-hybridized carbons (Fsp3) is 0.250. The number of benzene rings is 2. The van der Waals surface area contributed by atoms with Gasteiger partial charge in [-0.05, 0) is 51.3 Å². The van der Waals surface area contributed by atoms with Crippen molar-refractivity contribution in [2.45, 2.75) is 6.42 Å². The molecule has 0 N–H and O–H groups in total. The SMILES string of the molecule is COC(=O)CCN1CCN(c2ccc(-c3ccc(C#N)cc3)cc2Br)C1=O. The van der Waals surface area contributed by atoms with Crippen molar-refractivity contribution in [2.24, 2.45) is 0 Å². The third-order valence-corrected chi connectivity index (χ3v) is 5.13. The Morgan fingerprint density at radius 3 is 2.52 bits per heavy atom. The van der Waals surface area contributed by atoms with E-state index in [4.69, 9.17) is 5.26 Å². The van der Waals surface area contributed by atoms with Gasteiger partial charge < -0.3 is 9.64 Å². The molecule has 6 nitrogen and oxygen atoms in total. The van der Waals surface area contributed by atoms with Crippen LogP contribution in [0.1, 0.15) is 12.0 Å². The van der Waals surface area contributed by atoms with Crippen molar-refractivity contribution < 1.29 is 14.3 Å². The minimum atomic E-state index is -0.325. The smallest absolute Gasteiger partial charge is 0.324 e. The maximum atomic E-state index is 12.6. The van der Waals surface area contributed by atoms with Crippen LogP contribution in [0.15, 0.2) is 46.9 Å². The summed E-state index contributed by atoms with van der Waals surface area (Å²) in [6, 6.07) is 15.2. The number of carbonyl (C=O) groups is 2. The number of hydrogen-bond acceptors (Lipinski definition) is 4. The molecule has 0 bridgehead atoms. The highest BCUT2D eigenvalue weighted by Crippen LogP contribution is 2.33. The first-order valence-corrected chi connectivity index (χ1v) is 9.26. The lowest BCUT2D eigenvalue weighted by atomic mass is 10.0. The summed E-state index contributed by atoms with van der Waals surface area (Å²) < 4.78 is 5.44. The zero-order valence-corrected chi connectivity index (χ0v) is 16.4. The Hall–Kier alpha value is -2.85. The number of hydrogen-bond donors (Lipinski definition) is 0. The number of methoxy groups -OCH3 is 1. The molecular weight excluding hydrogens is 410 g/mol.